The van der Waals surface area contributed by atoms with Gasteiger partial charge in [0.05, 0.1) is 18.3 Å². The standard InChI is InChI=1S/C20H24N2O4/c1-25-10-11-26-17-13-15(12-16(23)14-17)20(24)22-9-5-3-7-19(22)18-6-2-4-8-21-18/h2,4,6,8,12-14,19,23H,3,5,7,9-11H2,1H3. The molecule has 6 nitrogen and oxygen atoms in total. The molecule has 26 heavy (non-hydrogen) atoms. The van der Waals surface area contributed by atoms with Crippen molar-refractivity contribution >= 4 is 5.91 Å². The van der Waals surface area contributed by atoms with Crippen molar-refractivity contribution < 1.29 is 19.4 Å². The average molecular weight is 356 g/mol. The van der Waals surface area contributed by atoms with Crippen LogP contribution in [0.25, 0.3) is 0 Å². The SMILES string of the molecule is COCCOc1cc(O)cc(C(=O)N2CCCCC2c2ccccn2)c1. The first kappa shape index (κ1) is 18.2. The summed E-state index contributed by atoms with van der Waals surface area (Å²) in [6, 6.07) is 10.4. The predicted molar refractivity (Wildman–Crippen MR) is 97.3 cm³/mol. The lowest BCUT2D eigenvalue weighted by Gasteiger charge is -2.35. The van der Waals surface area contributed by atoms with Crippen LogP contribution in [0.1, 0.15) is 41.4 Å². The van der Waals surface area contributed by atoms with Crippen molar-refractivity contribution in [2.45, 2.75) is 25.3 Å². The number of ether oxygens (including phenoxy) is 2. The van der Waals surface area contributed by atoms with E-state index < -0.39 is 0 Å². The van der Waals surface area contributed by atoms with E-state index in [-0.39, 0.29) is 17.7 Å². The lowest BCUT2D eigenvalue weighted by molar-refractivity contribution is 0.0605. The topological polar surface area (TPSA) is 71.9 Å². The second-order valence-corrected chi connectivity index (χ2v) is 6.32. The maximum absolute atomic E-state index is 13.1. The van der Waals surface area contributed by atoms with Crippen LogP contribution in [-0.4, -0.2) is 47.8 Å². The normalized spacial score (nSPS) is 17.1. The summed E-state index contributed by atoms with van der Waals surface area (Å²) in [6.07, 6.45) is 4.67. The summed E-state index contributed by atoms with van der Waals surface area (Å²) >= 11 is 0. The van der Waals surface area contributed by atoms with Crippen molar-refractivity contribution in [1.29, 1.82) is 0 Å². The molecule has 1 aliphatic heterocycles. The highest BCUT2D eigenvalue weighted by molar-refractivity contribution is 5.95. The molecule has 1 atom stereocenters. The van der Waals surface area contributed by atoms with Crippen molar-refractivity contribution in [2.75, 3.05) is 26.9 Å². The van der Waals surface area contributed by atoms with Crippen molar-refractivity contribution in [3.8, 4) is 11.5 Å². The van der Waals surface area contributed by atoms with Crippen molar-refractivity contribution in [3.05, 3.63) is 53.9 Å². The number of benzene rings is 1. The summed E-state index contributed by atoms with van der Waals surface area (Å²) in [5.74, 6) is 0.347. The van der Waals surface area contributed by atoms with Gasteiger partial charge in [-0.2, -0.15) is 0 Å². The summed E-state index contributed by atoms with van der Waals surface area (Å²) in [6.45, 7) is 1.47. The molecule has 0 spiro atoms. The van der Waals surface area contributed by atoms with E-state index in [0.717, 1.165) is 25.0 Å². The number of phenols is 1. The Kier molecular flexibility index (Phi) is 6.07. The number of likely N-dealkylation sites (tertiary alicyclic amines) is 1. The molecule has 1 amide bonds. The Morgan fingerprint density at radius 2 is 2.15 bits per heavy atom. The number of carbonyl (C=O) groups excluding carboxylic acids is 1. The Morgan fingerprint density at radius 1 is 1.27 bits per heavy atom. The Morgan fingerprint density at radius 3 is 2.92 bits per heavy atom. The zero-order valence-electron chi connectivity index (χ0n) is 14.9. The number of carbonyl (C=O) groups is 1. The fraction of sp³-hybridized carbons (Fsp3) is 0.400. The zero-order valence-corrected chi connectivity index (χ0v) is 14.9. The third-order valence-corrected chi connectivity index (χ3v) is 4.49. The van der Waals surface area contributed by atoms with Crippen LogP contribution in [0, 0.1) is 0 Å². The van der Waals surface area contributed by atoms with Gasteiger partial charge in [0.15, 0.2) is 0 Å². The zero-order chi connectivity index (χ0) is 18.4. The van der Waals surface area contributed by atoms with E-state index in [1.165, 1.54) is 12.1 Å². The second-order valence-electron chi connectivity index (χ2n) is 6.32. The highest BCUT2D eigenvalue weighted by atomic mass is 16.5. The Labute approximate surface area is 153 Å². The minimum Gasteiger partial charge on any atom is -0.508 e. The number of aromatic nitrogens is 1. The number of nitrogens with zero attached hydrogens (tertiary/aromatic N) is 2. The largest absolute Gasteiger partial charge is 0.508 e. The fourth-order valence-corrected chi connectivity index (χ4v) is 3.25. The first-order valence-corrected chi connectivity index (χ1v) is 8.86. The van der Waals surface area contributed by atoms with Crippen LogP contribution in [-0.2, 0) is 4.74 Å². The number of amides is 1. The number of piperidine rings is 1. The molecule has 0 saturated carbocycles. The van der Waals surface area contributed by atoms with Gasteiger partial charge in [0, 0.05) is 31.5 Å². The number of hydrogen-bond donors (Lipinski definition) is 1. The van der Waals surface area contributed by atoms with Gasteiger partial charge in [0.1, 0.15) is 18.1 Å². The van der Waals surface area contributed by atoms with E-state index in [1.54, 1.807) is 19.4 Å². The van der Waals surface area contributed by atoms with Crippen LogP contribution < -0.4 is 4.74 Å². The lowest BCUT2D eigenvalue weighted by Crippen LogP contribution is -2.38. The molecule has 1 N–H and O–H groups in total. The number of pyridine rings is 1. The first-order chi connectivity index (χ1) is 12.7. The number of methoxy groups -OCH3 is 1. The quantitative estimate of drug-likeness (QED) is 0.805. The number of rotatable bonds is 6. The van der Waals surface area contributed by atoms with E-state index >= 15 is 0 Å². The van der Waals surface area contributed by atoms with Crippen molar-refractivity contribution in [1.82, 2.24) is 9.88 Å². The molecular formula is C20H24N2O4. The van der Waals surface area contributed by atoms with Crippen molar-refractivity contribution in [3.63, 3.8) is 0 Å². The maximum atomic E-state index is 13.1. The van der Waals surface area contributed by atoms with E-state index in [9.17, 15) is 9.90 Å². The summed E-state index contributed by atoms with van der Waals surface area (Å²) in [5.41, 5.74) is 1.32. The summed E-state index contributed by atoms with van der Waals surface area (Å²) in [7, 11) is 1.59. The molecule has 1 unspecified atom stereocenters. The van der Waals surface area contributed by atoms with Crippen molar-refractivity contribution in [2.24, 2.45) is 0 Å². The van der Waals surface area contributed by atoms with E-state index in [1.807, 2.05) is 23.1 Å². The third kappa shape index (κ3) is 4.32. The second kappa shape index (κ2) is 8.67. The molecular weight excluding hydrogens is 332 g/mol. The molecule has 0 aliphatic carbocycles. The van der Waals surface area contributed by atoms with Gasteiger partial charge < -0.3 is 19.5 Å². The molecule has 0 radical (unpaired) electrons. The van der Waals surface area contributed by atoms with Crippen LogP contribution in [0.4, 0.5) is 0 Å². The Bertz CT molecular complexity index is 736. The average Bonchev–Trinajstić information content (AvgIpc) is 2.68. The number of hydrogen-bond acceptors (Lipinski definition) is 5. The lowest BCUT2D eigenvalue weighted by atomic mass is 9.97. The molecule has 2 heterocycles. The summed E-state index contributed by atoms with van der Waals surface area (Å²) < 4.78 is 10.5. The molecule has 3 rings (SSSR count). The van der Waals surface area contributed by atoms with E-state index in [2.05, 4.69) is 4.98 Å². The molecule has 1 aromatic carbocycles. The Balaban J connectivity index is 1.82. The summed E-state index contributed by atoms with van der Waals surface area (Å²) in [4.78, 5) is 19.4. The molecule has 6 heteroatoms. The van der Waals surface area contributed by atoms with Crippen LogP contribution in [0.15, 0.2) is 42.6 Å². The minimum absolute atomic E-state index is 0.00895. The summed E-state index contributed by atoms with van der Waals surface area (Å²) in [5, 5.41) is 9.99. The monoisotopic (exact) mass is 356 g/mol. The smallest absolute Gasteiger partial charge is 0.254 e. The highest BCUT2D eigenvalue weighted by Gasteiger charge is 2.29. The van der Waals surface area contributed by atoms with Gasteiger partial charge in [-0.05, 0) is 43.5 Å². The molecule has 1 aliphatic rings. The van der Waals surface area contributed by atoms with Crippen LogP contribution >= 0.6 is 0 Å². The third-order valence-electron chi connectivity index (χ3n) is 4.49. The molecule has 1 saturated heterocycles. The fourth-order valence-electron chi connectivity index (χ4n) is 3.25. The van der Waals surface area contributed by atoms with Gasteiger partial charge >= 0.3 is 0 Å². The van der Waals surface area contributed by atoms with Gasteiger partial charge in [0.2, 0.25) is 0 Å². The highest BCUT2D eigenvalue weighted by Crippen LogP contribution is 2.32. The van der Waals surface area contributed by atoms with E-state index in [4.69, 9.17) is 9.47 Å². The maximum Gasteiger partial charge on any atom is 0.254 e. The molecule has 2 aromatic rings. The van der Waals surface area contributed by atoms with Gasteiger partial charge in [-0.1, -0.05) is 6.07 Å². The molecule has 138 valence electrons. The van der Waals surface area contributed by atoms with Gasteiger partial charge in [0.25, 0.3) is 5.91 Å². The predicted octanol–water partition coefficient (Wildman–Crippen LogP) is 3.18. The number of phenolic OH excluding ortho intramolecular Hbond substituents is 1. The van der Waals surface area contributed by atoms with E-state index in [0.29, 0.717) is 31.1 Å². The van der Waals surface area contributed by atoms with Gasteiger partial charge in [-0.3, -0.25) is 9.78 Å². The van der Waals surface area contributed by atoms with Crippen LogP contribution in [0.2, 0.25) is 0 Å². The Hall–Kier alpha value is -2.60. The first-order valence-electron chi connectivity index (χ1n) is 8.86. The molecule has 0 bridgehead atoms. The van der Waals surface area contributed by atoms with Crippen LogP contribution in [0.5, 0.6) is 11.5 Å². The molecule has 1 fully saturated rings. The molecule has 1 aromatic heterocycles. The van der Waals surface area contributed by atoms with Gasteiger partial charge in [-0.25, -0.2) is 0 Å². The van der Waals surface area contributed by atoms with Crippen LogP contribution in [0.3, 0.4) is 0 Å². The minimum atomic E-state index is -0.118. The number of aromatic hydroxyl groups is 1. The van der Waals surface area contributed by atoms with Gasteiger partial charge in [-0.15, -0.1) is 0 Å².